The molecule has 2 aromatic heterocycles. The maximum absolute atomic E-state index is 12.5. The van der Waals surface area contributed by atoms with Gasteiger partial charge in [-0.15, -0.1) is 23.5 Å². The zero-order valence-corrected chi connectivity index (χ0v) is 21.8. The van der Waals surface area contributed by atoms with Gasteiger partial charge in [0.25, 0.3) is 0 Å². The van der Waals surface area contributed by atoms with Crippen molar-refractivity contribution in [3.8, 4) is 0 Å². The lowest BCUT2D eigenvalue weighted by atomic mass is 10.2. The highest BCUT2D eigenvalue weighted by Crippen LogP contribution is 2.41. The molecule has 1 aromatic carbocycles. The molecule has 0 aliphatic carbocycles. The Bertz CT molecular complexity index is 1220. The summed E-state index contributed by atoms with van der Waals surface area (Å²) in [7, 11) is 0. The second kappa shape index (κ2) is 13.3. The standard InChI is InChI=1S/C17H16N2O4S.C9H10N2O2S/c20-16(21)14-11-24-15(13-6-8-18-9-7-13)19(14)17(22)23-10-12-4-2-1-3-5-12;12-9(13)7-5-14-8(11-7)6-1-3-10-4-2-6/h1-9,14-15H,10-11H2,(H,20,21);1-4,7-8,11H,5H2,(H,12,13)/t14?,15-;7?,8-/m11/s1. The van der Waals surface area contributed by atoms with Gasteiger partial charge in [-0.05, 0) is 41.0 Å². The molecule has 3 N–H and O–H groups in total. The molecule has 0 spiro atoms. The van der Waals surface area contributed by atoms with Gasteiger partial charge in [-0.3, -0.25) is 25.0 Å². The van der Waals surface area contributed by atoms with E-state index in [1.165, 1.54) is 16.7 Å². The third kappa shape index (κ3) is 7.03. The summed E-state index contributed by atoms with van der Waals surface area (Å²) in [6.45, 7) is 0.107. The monoisotopic (exact) mass is 554 g/mol. The number of amides is 1. The number of carbonyl (C=O) groups excluding carboxylic acids is 1. The van der Waals surface area contributed by atoms with Crippen LogP contribution in [0.4, 0.5) is 4.79 Å². The van der Waals surface area contributed by atoms with Gasteiger partial charge in [0.15, 0.2) is 0 Å². The van der Waals surface area contributed by atoms with E-state index in [9.17, 15) is 19.5 Å². The zero-order valence-electron chi connectivity index (χ0n) is 20.1. The Balaban J connectivity index is 0.000000204. The normalized spacial score (nSPS) is 22.3. The van der Waals surface area contributed by atoms with Gasteiger partial charge in [-0.1, -0.05) is 30.3 Å². The Morgan fingerprint density at radius 2 is 1.50 bits per heavy atom. The molecule has 2 aliphatic rings. The summed E-state index contributed by atoms with van der Waals surface area (Å²) in [6.07, 6.45) is 6.05. The summed E-state index contributed by atoms with van der Waals surface area (Å²) in [5.74, 6) is -0.879. The molecule has 2 aliphatic heterocycles. The molecule has 0 bridgehead atoms. The van der Waals surface area contributed by atoms with Crippen LogP contribution in [0, 0.1) is 0 Å². The van der Waals surface area contributed by atoms with Crippen LogP contribution in [0.2, 0.25) is 0 Å². The second-order valence-corrected chi connectivity index (χ2v) is 10.6. The van der Waals surface area contributed by atoms with E-state index in [0.717, 1.165) is 16.7 Å². The zero-order chi connectivity index (χ0) is 26.9. The first-order valence-corrected chi connectivity index (χ1v) is 13.8. The van der Waals surface area contributed by atoms with Crippen LogP contribution in [0.3, 0.4) is 0 Å². The minimum Gasteiger partial charge on any atom is -0.480 e. The molecule has 38 heavy (non-hydrogen) atoms. The average molecular weight is 555 g/mol. The van der Waals surface area contributed by atoms with Crippen molar-refractivity contribution in [3.05, 3.63) is 96.1 Å². The van der Waals surface area contributed by atoms with Crippen LogP contribution >= 0.6 is 23.5 Å². The highest BCUT2D eigenvalue weighted by molar-refractivity contribution is 8.00. The largest absolute Gasteiger partial charge is 0.480 e. The molecule has 4 atom stereocenters. The lowest BCUT2D eigenvalue weighted by Crippen LogP contribution is -2.43. The van der Waals surface area contributed by atoms with E-state index >= 15 is 0 Å². The van der Waals surface area contributed by atoms with E-state index in [4.69, 9.17) is 9.84 Å². The maximum Gasteiger partial charge on any atom is 0.412 e. The number of aromatic nitrogens is 2. The molecule has 4 heterocycles. The Hall–Kier alpha value is -3.61. The molecule has 2 fully saturated rings. The van der Waals surface area contributed by atoms with Crippen LogP contribution in [0.15, 0.2) is 79.4 Å². The molecule has 0 saturated carbocycles. The van der Waals surface area contributed by atoms with Crippen LogP contribution in [0.5, 0.6) is 0 Å². The van der Waals surface area contributed by atoms with Crippen molar-refractivity contribution in [3.63, 3.8) is 0 Å². The summed E-state index contributed by atoms with van der Waals surface area (Å²) in [4.78, 5) is 43.9. The third-order valence-electron chi connectivity index (χ3n) is 5.78. The Kier molecular flexibility index (Phi) is 9.57. The topological polar surface area (TPSA) is 142 Å². The van der Waals surface area contributed by atoms with Gasteiger partial charge in [0.05, 0.1) is 5.37 Å². The van der Waals surface area contributed by atoms with Gasteiger partial charge < -0.3 is 14.9 Å². The first-order chi connectivity index (χ1) is 18.4. The minimum atomic E-state index is -1.03. The Labute approximate surface area is 227 Å². The molecule has 5 rings (SSSR count). The number of carboxylic acid groups (broad SMARTS) is 2. The molecule has 3 aromatic rings. The molecule has 198 valence electrons. The van der Waals surface area contributed by atoms with Crippen LogP contribution < -0.4 is 5.32 Å². The third-order valence-corrected chi connectivity index (χ3v) is 8.37. The number of ether oxygens (including phenoxy) is 1. The van der Waals surface area contributed by atoms with E-state index in [0.29, 0.717) is 11.5 Å². The smallest absolute Gasteiger partial charge is 0.412 e. The Morgan fingerprint density at radius 3 is 2.08 bits per heavy atom. The highest BCUT2D eigenvalue weighted by Gasteiger charge is 2.43. The summed E-state index contributed by atoms with van der Waals surface area (Å²) in [5.41, 5.74) is 2.76. The molecular formula is C26H26N4O6S2. The van der Waals surface area contributed by atoms with Crippen LogP contribution in [-0.4, -0.2) is 66.7 Å². The van der Waals surface area contributed by atoms with Crippen molar-refractivity contribution in [2.24, 2.45) is 0 Å². The van der Waals surface area contributed by atoms with Crippen molar-refractivity contribution < 1.29 is 29.3 Å². The number of carboxylic acids is 2. The number of hydrogen-bond donors (Lipinski definition) is 3. The van der Waals surface area contributed by atoms with Gasteiger partial charge in [0.2, 0.25) is 0 Å². The number of carbonyl (C=O) groups is 3. The van der Waals surface area contributed by atoms with Gasteiger partial charge in [0, 0.05) is 36.3 Å². The van der Waals surface area contributed by atoms with Crippen molar-refractivity contribution in [1.29, 1.82) is 0 Å². The minimum absolute atomic E-state index is 0.0825. The van der Waals surface area contributed by atoms with Gasteiger partial charge >= 0.3 is 18.0 Å². The summed E-state index contributed by atoms with van der Waals surface area (Å²) < 4.78 is 5.34. The van der Waals surface area contributed by atoms with Gasteiger partial charge in [-0.25, -0.2) is 9.59 Å². The molecule has 10 nitrogen and oxygen atoms in total. The molecule has 1 amide bonds. The fraction of sp³-hybridized carbons (Fsp3) is 0.269. The highest BCUT2D eigenvalue weighted by atomic mass is 32.2. The quantitative estimate of drug-likeness (QED) is 0.410. The number of rotatable bonds is 6. The van der Waals surface area contributed by atoms with Gasteiger partial charge in [0.1, 0.15) is 24.1 Å². The number of aliphatic carboxylic acids is 2. The lowest BCUT2D eigenvalue weighted by molar-refractivity contribution is -0.142. The predicted octanol–water partition coefficient (Wildman–Crippen LogP) is 3.79. The molecule has 2 saturated heterocycles. The molecular weight excluding hydrogens is 528 g/mol. The van der Waals surface area contributed by atoms with Crippen LogP contribution in [-0.2, 0) is 20.9 Å². The molecule has 0 radical (unpaired) electrons. The van der Waals surface area contributed by atoms with E-state index < -0.39 is 35.5 Å². The van der Waals surface area contributed by atoms with Gasteiger partial charge in [-0.2, -0.15) is 0 Å². The summed E-state index contributed by atoms with van der Waals surface area (Å²) in [5, 5.41) is 20.9. The van der Waals surface area contributed by atoms with E-state index in [1.54, 1.807) is 48.7 Å². The molecule has 12 heteroatoms. The number of pyridine rings is 2. The average Bonchev–Trinajstić information content (AvgIpc) is 3.62. The van der Waals surface area contributed by atoms with Crippen LogP contribution in [0.25, 0.3) is 0 Å². The van der Waals surface area contributed by atoms with Crippen molar-refractivity contribution in [2.75, 3.05) is 11.5 Å². The van der Waals surface area contributed by atoms with E-state index in [2.05, 4.69) is 15.3 Å². The van der Waals surface area contributed by atoms with E-state index in [-0.39, 0.29) is 12.0 Å². The van der Waals surface area contributed by atoms with Crippen molar-refractivity contribution >= 4 is 41.6 Å². The number of nitrogens with one attached hydrogen (secondary N) is 1. The summed E-state index contributed by atoms with van der Waals surface area (Å²) in [6, 6.07) is 15.3. The fourth-order valence-corrected chi connectivity index (χ4v) is 6.49. The van der Waals surface area contributed by atoms with Crippen molar-refractivity contribution in [2.45, 2.75) is 29.4 Å². The lowest BCUT2D eigenvalue weighted by Gasteiger charge is -2.26. The molecule has 2 unspecified atom stereocenters. The summed E-state index contributed by atoms with van der Waals surface area (Å²) >= 11 is 3.02. The predicted molar refractivity (Wildman–Crippen MR) is 143 cm³/mol. The van der Waals surface area contributed by atoms with Crippen molar-refractivity contribution in [1.82, 2.24) is 20.2 Å². The first kappa shape index (κ1) is 27.4. The number of hydrogen-bond acceptors (Lipinski definition) is 9. The SMILES string of the molecule is O=C(O)C1CS[C@H](c2ccncc2)N1.O=C(O)C1CS[C@H](c2ccncc2)N1C(=O)OCc1ccccc1. The van der Waals surface area contributed by atoms with E-state index in [1.807, 2.05) is 42.5 Å². The fourth-order valence-electron chi connectivity index (χ4n) is 3.84. The number of benzene rings is 1. The van der Waals surface area contributed by atoms with Crippen LogP contribution in [0.1, 0.15) is 27.4 Å². The number of thioether (sulfide) groups is 2. The number of nitrogens with zero attached hydrogens (tertiary/aromatic N) is 3. The second-order valence-electron chi connectivity index (χ2n) is 8.32. The first-order valence-electron chi connectivity index (χ1n) is 11.7. The maximum atomic E-state index is 12.5. The Morgan fingerprint density at radius 1 is 0.868 bits per heavy atom.